The number of hydrogen-bond donors (Lipinski definition) is 0. The van der Waals surface area contributed by atoms with Gasteiger partial charge in [-0.2, -0.15) is 0 Å². The van der Waals surface area contributed by atoms with Gasteiger partial charge < -0.3 is 18.9 Å². The third-order valence-electron chi connectivity index (χ3n) is 3.94. The summed E-state index contributed by atoms with van der Waals surface area (Å²) in [6.45, 7) is 3.68. The van der Waals surface area contributed by atoms with Crippen molar-refractivity contribution >= 4 is 5.78 Å². The SMILES string of the molecule is COCCOCCC(=O)C1CCOC2(CCOC2)C1. The Bertz CT molecular complexity index is 286. The van der Waals surface area contributed by atoms with Gasteiger partial charge in [0.05, 0.1) is 32.0 Å². The van der Waals surface area contributed by atoms with Crippen LogP contribution in [0.4, 0.5) is 0 Å². The maximum Gasteiger partial charge on any atom is 0.138 e. The van der Waals surface area contributed by atoms with Crippen molar-refractivity contribution < 1.29 is 23.7 Å². The second-order valence-corrected chi connectivity index (χ2v) is 5.35. The molecule has 2 atom stereocenters. The van der Waals surface area contributed by atoms with Crippen LogP contribution in [0.3, 0.4) is 0 Å². The van der Waals surface area contributed by atoms with E-state index in [4.69, 9.17) is 18.9 Å². The first kappa shape index (κ1) is 14.9. The van der Waals surface area contributed by atoms with Crippen molar-refractivity contribution in [3.05, 3.63) is 0 Å². The van der Waals surface area contributed by atoms with E-state index >= 15 is 0 Å². The third kappa shape index (κ3) is 4.24. The second kappa shape index (κ2) is 7.33. The van der Waals surface area contributed by atoms with E-state index < -0.39 is 0 Å². The van der Waals surface area contributed by atoms with Crippen LogP contribution in [0.25, 0.3) is 0 Å². The predicted octanol–water partition coefficient (Wildman–Crippen LogP) is 1.19. The number of rotatable bonds is 7. The van der Waals surface area contributed by atoms with Crippen molar-refractivity contribution in [3.8, 4) is 0 Å². The van der Waals surface area contributed by atoms with Gasteiger partial charge in [-0.3, -0.25) is 4.79 Å². The first-order valence-electron chi connectivity index (χ1n) is 7.07. The number of ketones is 1. The molecule has 19 heavy (non-hydrogen) atoms. The lowest BCUT2D eigenvalue weighted by molar-refractivity contribution is -0.138. The highest BCUT2D eigenvalue weighted by atomic mass is 16.6. The number of carbonyl (C=O) groups is 1. The summed E-state index contributed by atoms with van der Waals surface area (Å²) in [5, 5.41) is 0. The molecule has 2 heterocycles. The monoisotopic (exact) mass is 272 g/mol. The van der Waals surface area contributed by atoms with Crippen LogP contribution in [0.2, 0.25) is 0 Å². The molecule has 2 aliphatic heterocycles. The molecule has 5 nitrogen and oxygen atoms in total. The molecule has 0 aliphatic carbocycles. The van der Waals surface area contributed by atoms with Gasteiger partial charge in [-0.15, -0.1) is 0 Å². The lowest BCUT2D eigenvalue weighted by Gasteiger charge is -2.36. The Morgan fingerprint density at radius 1 is 1.32 bits per heavy atom. The van der Waals surface area contributed by atoms with E-state index in [2.05, 4.69) is 0 Å². The van der Waals surface area contributed by atoms with Crippen molar-refractivity contribution in [3.63, 3.8) is 0 Å². The summed E-state index contributed by atoms with van der Waals surface area (Å²) in [6, 6.07) is 0. The van der Waals surface area contributed by atoms with Crippen LogP contribution in [0.1, 0.15) is 25.7 Å². The van der Waals surface area contributed by atoms with Gasteiger partial charge in [0.15, 0.2) is 0 Å². The molecule has 2 rings (SSSR count). The summed E-state index contributed by atoms with van der Waals surface area (Å²) in [6.07, 6.45) is 3.05. The average Bonchev–Trinajstić information content (AvgIpc) is 2.86. The van der Waals surface area contributed by atoms with Crippen molar-refractivity contribution in [2.45, 2.75) is 31.3 Å². The standard InChI is InChI=1S/C14H24O5/c1-16-8-9-17-5-3-13(15)12-2-6-19-14(10-12)4-7-18-11-14/h12H,2-11H2,1H3. The molecular weight excluding hydrogens is 248 g/mol. The maximum absolute atomic E-state index is 12.2. The summed E-state index contributed by atoms with van der Waals surface area (Å²) in [7, 11) is 1.64. The molecular formula is C14H24O5. The fourth-order valence-corrected chi connectivity index (χ4v) is 2.79. The fourth-order valence-electron chi connectivity index (χ4n) is 2.79. The van der Waals surface area contributed by atoms with Crippen molar-refractivity contribution in [1.82, 2.24) is 0 Å². The lowest BCUT2D eigenvalue weighted by atomic mass is 9.82. The van der Waals surface area contributed by atoms with E-state index in [9.17, 15) is 4.79 Å². The van der Waals surface area contributed by atoms with Crippen LogP contribution in [-0.2, 0) is 23.7 Å². The van der Waals surface area contributed by atoms with Gasteiger partial charge in [0.1, 0.15) is 5.78 Å². The summed E-state index contributed by atoms with van der Waals surface area (Å²) >= 11 is 0. The Hall–Kier alpha value is -0.490. The Morgan fingerprint density at radius 2 is 2.21 bits per heavy atom. The van der Waals surface area contributed by atoms with Crippen LogP contribution < -0.4 is 0 Å². The van der Waals surface area contributed by atoms with Crippen LogP contribution in [0.15, 0.2) is 0 Å². The first-order chi connectivity index (χ1) is 9.26. The van der Waals surface area contributed by atoms with Gasteiger partial charge in [-0.05, 0) is 12.8 Å². The van der Waals surface area contributed by atoms with E-state index in [-0.39, 0.29) is 11.5 Å². The Kier molecular flexibility index (Phi) is 5.76. The van der Waals surface area contributed by atoms with Gasteiger partial charge in [0.2, 0.25) is 0 Å². The van der Waals surface area contributed by atoms with Crippen LogP contribution >= 0.6 is 0 Å². The minimum Gasteiger partial charge on any atom is -0.382 e. The molecule has 2 aliphatic rings. The topological polar surface area (TPSA) is 54.0 Å². The molecule has 0 aromatic carbocycles. The number of methoxy groups -OCH3 is 1. The van der Waals surface area contributed by atoms with Gasteiger partial charge in [0.25, 0.3) is 0 Å². The molecule has 110 valence electrons. The third-order valence-corrected chi connectivity index (χ3v) is 3.94. The normalized spacial score (nSPS) is 30.9. The Balaban J connectivity index is 1.70. The van der Waals surface area contributed by atoms with Gasteiger partial charge >= 0.3 is 0 Å². The summed E-state index contributed by atoms with van der Waals surface area (Å²) in [5.41, 5.74) is -0.185. The largest absolute Gasteiger partial charge is 0.382 e. The zero-order valence-electron chi connectivity index (χ0n) is 11.7. The van der Waals surface area contributed by atoms with E-state index in [1.165, 1.54) is 0 Å². The molecule has 0 N–H and O–H groups in total. The van der Waals surface area contributed by atoms with E-state index in [0.29, 0.717) is 45.2 Å². The zero-order valence-corrected chi connectivity index (χ0v) is 11.7. The van der Waals surface area contributed by atoms with E-state index in [0.717, 1.165) is 25.9 Å². The number of carbonyl (C=O) groups excluding carboxylic acids is 1. The smallest absolute Gasteiger partial charge is 0.138 e. The highest BCUT2D eigenvalue weighted by molar-refractivity contribution is 5.81. The first-order valence-corrected chi connectivity index (χ1v) is 7.07. The molecule has 1 spiro atoms. The van der Waals surface area contributed by atoms with Crippen LogP contribution in [0.5, 0.6) is 0 Å². The number of hydrogen-bond acceptors (Lipinski definition) is 5. The lowest BCUT2D eigenvalue weighted by Crippen LogP contribution is -2.42. The summed E-state index contributed by atoms with van der Waals surface area (Å²) in [4.78, 5) is 12.2. The molecule has 0 aromatic rings. The van der Waals surface area contributed by atoms with Gasteiger partial charge in [-0.25, -0.2) is 0 Å². The van der Waals surface area contributed by atoms with Crippen LogP contribution in [-0.4, -0.2) is 58.1 Å². The molecule has 2 fully saturated rings. The molecule has 0 aromatic heterocycles. The van der Waals surface area contributed by atoms with Crippen molar-refractivity contribution in [2.24, 2.45) is 5.92 Å². The zero-order chi connectivity index (χ0) is 13.6. The highest BCUT2D eigenvalue weighted by Crippen LogP contribution is 2.36. The molecule has 2 saturated heterocycles. The van der Waals surface area contributed by atoms with Gasteiger partial charge in [-0.1, -0.05) is 0 Å². The number of Topliss-reactive ketones (excluding diaryl/α,β-unsaturated/α-hetero) is 1. The minimum absolute atomic E-state index is 0.112. The van der Waals surface area contributed by atoms with E-state index in [1.807, 2.05) is 0 Å². The maximum atomic E-state index is 12.2. The van der Waals surface area contributed by atoms with Crippen molar-refractivity contribution in [2.75, 3.05) is 46.8 Å². The molecule has 5 heteroatoms. The quantitative estimate of drug-likeness (QED) is 0.652. The average molecular weight is 272 g/mol. The Morgan fingerprint density at radius 3 is 2.95 bits per heavy atom. The molecule has 2 unspecified atom stereocenters. The molecule has 0 amide bonds. The fraction of sp³-hybridized carbons (Fsp3) is 0.929. The summed E-state index contributed by atoms with van der Waals surface area (Å²) in [5.74, 6) is 0.411. The van der Waals surface area contributed by atoms with Crippen molar-refractivity contribution in [1.29, 1.82) is 0 Å². The Labute approximate surface area is 114 Å². The number of ether oxygens (including phenoxy) is 4. The second-order valence-electron chi connectivity index (χ2n) is 5.35. The molecule has 0 radical (unpaired) electrons. The van der Waals surface area contributed by atoms with E-state index in [1.54, 1.807) is 7.11 Å². The predicted molar refractivity (Wildman–Crippen MR) is 69.2 cm³/mol. The highest BCUT2D eigenvalue weighted by Gasteiger charge is 2.42. The molecule has 0 bridgehead atoms. The minimum atomic E-state index is -0.185. The van der Waals surface area contributed by atoms with Crippen LogP contribution in [0, 0.1) is 5.92 Å². The molecule has 0 saturated carbocycles. The summed E-state index contributed by atoms with van der Waals surface area (Å²) < 4.78 is 21.5. The van der Waals surface area contributed by atoms with Gasteiger partial charge in [0, 0.05) is 39.1 Å².